The van der Waals surface area contributed by atoms with Gasteiger partial charge >= 0.3 is 0 Å². The van der Waals surface area contributed by atoms with Crippen LogP contribution < -0.4 is 11.5 Å². The SMILES string of the molecule is C=C(/C(C(N)=Nc1cccc(C)c1)=C(/C)N)c1ccc(Cl)cc1. The number of aliphatic imine (C=N–C) groups is 1. The fourth-order valence-electron chi connectivity index (χ4n) is 2.28. The van der Waals surface area contributed by atoms with Gasteiger partial charge in [0.1, 0.15) is 5.84 Å². The number of hydrogen-bond acceptors (Lipinski definition) is 2. The first kappa shape index (κ1) is 16.8. The molecule has 0 aliphatic heterocycles. The van der Waals surface area contributed by atoms with Crippen LogP contribution in [0, 0.1) is 6.92 Å². The van der Waals surface area contributed by atoms with Crippen LogP contribution >= 0.6 is 11.6 Å². The Labute approximate surface area is 142 Å². The summed E-state index contributed by atoms with van der Waals surface area (Å²) in [6, 6.07) is 15.2. The molecule has 0 aliphatic carbocycles. The van der Waals surface area contributed by atoms with Crippen LogP contribution in [-0.4, -0.2) is 5.84 Å². The highest BCUT2D eigenvalue weighted by molar-refractivity contribution is 6.30. The lowest BCUT2D eigenvalue weighted by atomic mass is 9.97. The molecule has 0 fully saturated rings. The molecule has 3 nitrogen and oxygen atoms in total. The summed E-state index contributed by atoms with van der Waals surface area (Å²) in [5, 5.41) is 0.665. The Bertz CT molecular complexity index is 783. The third kappa shape index (κ3) is 4.24. The van der Waals surface area contributed by atoms with E-state index in [9.17, 15) is 0 Å². The van der Waals surface area contributed by atoms with Crippen molar-refractivity contribution in [3.63, 3.8) is 0 Å². The van der Waals surface area contributed by atoms with Crippen LogP contribution in [0.25, 0.3) is 5.57 Å². The maximum absolute atomic E-state index is 6.19. The van der Waals surface area contributed by atoms with Gasteiger partial charge in [-0.25, -0.2) is 4.99 Å². The zero-order valence-corrected chi connectivity index (χ0v) is 14.1. The predicted molar refractivity (Wildman–Crippen MR) is 99.8 cm³/mol. The topological polar surface area (TPSA) is 64.4 Å². The summed E-state index contributed by atoms with van der Waals surface area (Å²) in [6.45, 7) is 7.91. The summed E-state index contributed by atoms with van der Waals surface area (Å²) in [4.78, 5) is 4.48. The van der Waals surface area contributed by atoms with E-state index in [0.29, 0.717) is 22.1 Å². The Balaban J connectivity index is 2.41. The van der Waals surface area contributed by atoms with E-state index < -0.39 is 0 Å². The maximum atomic E-state index is 6.19. The second-order valence-electron chi connectivity index (χ2n) is 5.38. The molecular formula is C19H20ClN3. The summed E-state index contributed by atoms with van der Waals surface area (Å²) in [5.74, 6) is 0.343. The molecule has 0 heterocycles. The van der Waals surface area contributed by atoms with E-state index in [-0.39, 0.29) is 0 Å². The molecule has 0 saturated heterocycles. The highest BCUT2D eigenvalue weighted by Crippen LogP contribution is 2.25. The van der Waals surface area contributed by atoms with Crippen LogP contribution in [0.5, 0.6) is 0 Å². The predicted octanol–water partition coefficient (Wildman–Crippen LogP) is 4.58. The standard InChI is InChI=1S/C19H20ClN3/c1-12-5-4-6-17(11-12)23-19(22)18(14(3)21)13(2)15-7-9-16(20)10-8-15/h4-11H,2,21H2,1,3H3,(H2,22,23)/b18-14+. The van der Waals surface area contributed by atoms with Crippen molar-refractivity contribution in [3.05, 3.63) is 82.5 Å². The molecule has 4 heteroatoms. The lowest BCUT2D eigenvalue weighted by molar-refractivity contribution is 1.28. The number of halogens is 1. The summed E-state index contributed by atoms with van der Waals surface area (Å²) in [7, 11) is 0. The third-order valence-electron chi connectivity index (χ3n) is 3.40. The molecule has 0 bridgehead atoms. The number of rotatable bonds is 4. The quantitative estimate of drug-likeness (QED) is 0.491. The Kier molecular flexibility index (Phi) is 5.24. The first-order valence-corrected chi connectivity index (χ1v) is 7.59. The average Bonchev–Trinajstić information content (AvgIpc) is 2.47. The van der Waals surface area contributed by atoms with Crippen molar-refractivity contribution in [2.24, 2.45) is 16.5 Å². The molecule has 23 heavy (non-hydrogen) atoms. The number of aryl methyl sites for hydroxylation is 1. The molecule has 0 aliphatic rings. The number of hydrogen-bond donors (Lipinski definition) is 2. The van der Waals surface area contributed by atoms with Gasteiger partial charge < -0.3 is 11.5 Å². The minimum Gasteiger partial charge on any atom is -0.402 e. The summed E-state index contributed by atoms with van der Waals surface area (Å²) < 4.78 is 0. The molecule has 2 aromatic rings. The summed E-state index contributed by atoms with van der Waals surface area (Å²) in [6.07, 6.45) is 0. The van der Waals surface area contributed by atoms with E-state index >= 15 is 0 Å². The minimum absolute atomic E-state index is 0.343. The molecular weight excluding hydrogens is 306 g/mol. The van der Waals surface area contributed by atoms with E-state index in [2.05, 4.69) is 11.6 Å². The molecule has 0 unspecified atom stereocenters. The molecule has 0 saturated carbocycles. The number of benzene rings is 2. The van der Waals surface area contributed by atoms with Crippen LogP contribution in [0.4, 0.5) is 5.69 Å². The van der Waals surface area contributed by atoms with E-state index in [1.807, 2.05) is 43.3 Å². The van der Waals surface area contributed by atoms with Crippen molar-refractivity contribution in [2.45, 2.75) is 13.8 Å². The first-order valence-electron chi connectivity index (χ1n) is 7.21. The van der Waals surface area contributed by atoms with Crippen molar-refractivity contribution in [1.29, 1.82) is 0 Å². The highest BCUT2D eigenvalue weighted by atomic mass is 35.5. The second kappa shape index (κ2) is 7.16. The smallest absolute Gasteiger partial charge is 0.133 e. The van der Waals surface area contributed by atoms with Gasteiger partial charge in [0.2, 0.25) is 0 Å². The molecule has 118 valence electrons. The molecule has 0 radical (unpaired) electrons. The highest BCUT2D eigenvalue weighted by Gasteiger charge is 2.13. The first-order chi connectivity index (χ1) is 10.9. The zero-order valence-electron chi connectivity index (χ0n) is 13.3. The normalized spacial score (nSPS) is 12.7. The van der Waals surface area contributed by atoms with E-state index in [1.165, 1.54) is 0 Å². The van der Waals surface area contributed by atoms with Gasteiger partial charge in [-0.1, -0.05) is 42.4 Å². The summed E-state index contributed by atoms with van der Waals surface area (Å²) in [5.41, 5.74) is 16.9. The minimum atomic E-state index is 0.343. The molecule has 0 atom stereocenters. The Morgan fingerprint density at radius 2 is 1.74 bits per heavy atom. The van der Waals surface area contributed by atoms with E-state index in [0.717, 1.165) is 22.4 Å². The van der Waals surface area contributed by atoms with Crippen LogP contribution in [-0.2, 0) is 0 Å². The van der Waals surface area contributed by atoms with E-state index in [1.54, 1.807) is 19.1 Å². The van der Waals surface area contributed by atoms with Crippen LogP contribution in [0.1, 0.15) is 18.1 Å². The van der Waals surface area contributed by atoms with Gasteiger partial charge in [-0.2, -0.15) is 0 Å². The van der Waals surface area contributed by atoms with Crippen molar-refractivity contribution in [1.82, 2.24) is 0 Å². The number of nitrogens with zero attached hydrogens (tertiary/aromatic N) is 1. The molecule has 4 N–H and O–H groups in total. The van der Waals surface area contributed by atoms with Crippen LogP contribution in [0.3, 0.4) is 0 Å². The maximum Gasteiger partial charge on any atom is 0.133 e. The molecule has 2 rings (SSSR count). The van der Waals surface area contributed by atoms with Crippen LogP contribution in [0.15, 0.2) is 71.4 Å². The van der Waals surface area contributed by atoms with Gasteiger partial charge in [0.05, 0.1) is 5.69 Å². The lowest BCUT2D eigenvalue weighted by Crippen LogP contribution is -2.19. The van der Waals surface area contributed by atoms with Crippen molar-refractivity contribution < 1.29 is 0 Å². The van der Waals surface area contributed by atoms with Gasteiger partial charge in [0.25, 0.3) is 0 Å². The Morgan fingerprint density at radius 3 is 2.30 bits per heavy atom. The zero-order chi connectivity index (χ0) is 17.0. The van der Waals surface area contributed by atoms with Gasteiger partial charge in [0.15, 0.2) is 0 Å². The fourth-order valence-corrected chi connectivity index (χ4v) is 2.41. The van der Waals surface area contributed by atoms with Gasteiger partial charge in [-0.3, -0.25) is 0 Å². The molecule has 2 aromatic carbocycles. The lowest BCUT2D eigenvalue weighted by Gasteiger charge is -2.13. The molecule has 0 amide bonds. The van der Waals surface area contributed by atoms with Crippen molar-refractivity contribution >= 4 is 28.7 Å². The summed E-state index contributed by atoms with van der Waals surface area (Å²) >= 11 is 5.93. The second-order valence-corrected chi connectivity index (χ2v) is 5.82. The number of nitrogens with two attached hydrogens (primary N) is 2. The monoisotopic (exact) mass is 325 g/mol. The average molecular weight is 326 g/mol. The largest absolute Gasteiger partial charge is 0.402 e. The number of allylic oxidation sites excluding steroid dienone is 1. The fraction of sp³-hybridized carbons (Fsp3) is 0.105. The van der Waals surface area contributed by atoms with E-state index in [4.69, 9.17) is 23.1 Å². The molecule has 0 aromatic heterocycles. The van der Waals surface area contributed by atoms with Gasteiger partial charge in [-0.05, 0) is 54.8 Å². The van der Waals surface area contributed by atoms with Crippen LogP contribution in [0.2, 0.25) is 5.02 Å². The van der Waals surface area contributed by atoms with Crippen molar-refractivity contribution in [3.8, 4) is 0 Å². The number of amidine groups is 1. The molecule has 0 spiro atoms. The Hall–Kier alpha value is -2.52. The van der Waals surface area contributed by atoms with Crippen molar-refractivity contribution in [2.75, 3.05) is 0 Å². The third-order valence-corrected chi connectivity index (χ3v) is 3.65. The van der Waals surface area contributed by atoms with Gasteiger partial charge in [0, 0.05) is 16.3 Å². The Morgan fingerprint density at radius 1 is 1.09 bits per heavy atom. The van der Waals surface area contributed by atoms with Gasteiger partial charge in [-0.15, -0.1) is 0 Å².